The summed E-state index contributed by atoms with van der Waals surface area (Å²) in [6.45, 7) is 11.2. The van der Waals surface area contributed by atoms with E-state index >= 15 is 0 Å². The summed E-state index contributed by atoms with van der Waals surface area (Å²) < 4.78 is 0. The van der Waals surface area contributed by atoms with Crippen LogP contribution in [0.15, 0.2) is 25.4 Å². The smallest absolute Gasteiger partial charge is 0.0351 e. The van der Waals surface area contributed by atoms with Crippen LogP contribution in [-0.2, 0) is 0 Å². The molecule has 0 N–H and O–H groups in total. The molecule has 0 heterocycles. The molecule has 0 aliphatic rings. The van der Waals surface area contributed by atoms with E-state index in [-0.39, 0.29) is 0 Å². The Hall–Kier alpha value is -0.720. The maximum absolute atomic E-state index is 3.63. The Morgan fingerprint density at radius 3 is 2.25 bits per heavy atom. The highest BCUT2D eigenvalue weighted by Gasteiger charge is 1.85. The maximum atomic E-state index is 3.63. The number of nitrogens with zero attached hydrogens (tertiary/aromatic N) is 1. The standard InChI is InChI=1S/C7H13N/c1-4-7-8(5-2)6-3/h4-5H,1-2,6-7H2,3H3. The lowest BCUT2D eigenvalue weighted by Crippen LogP contribution is -2.15. The molecule has 0 aliphatic carbocycles. The molecule has 0 amide bonds. The fraction of sp³-hybridized carbons (Fsp3) is 0.429. The second-order valence-corrected chi connectivity index (χ2v) is 1.56. The molecule has 0 rings (SSSR count). The summed E-state index contributed by atoms with van der Waals surface area (Å²) in [5.41, 5.74) is 0. The van der Waals surface area contributed by atoms with Gasteiger partial charge in [-0.25, -0.2) is 0 Å². The van der Waals surface area contributed by atoms with Gasteiger partial charge in [0.2, 0.25) is 0 Å². The Kier molecular flexibility index (Phi) is 4.04. The normalized spacial score (nSPS) is 8.12. The Balaban J connectivity index is 3.35. The molecule has 0 aliphatic heterocycles. The number of likely N-dealkylation sites (N-methyl/N-ethyl adjacent to an activating group) is 1. The topological polar surface area (TPSA) is 3.24 Å². The molecule has 0 fully saturated rings. The average molecular weight is 111 g/mol. The van der Waals surface area contributed by atoms with Crippen molar-refractivity contribution in [2.75, 3.05) is 13.1 Å². The van der Waals surface area contributed by atoms with Crippen molar-refractivity contribution in [2.24, 2.45) is 0 Å². The molecule has 46 valence electrons. The van der Waals surface area contributed by atoms with Gasteiger partial charge in [-0.2, -0.15) is 0 Å². The Labute approximate surface area is 51.3 Å². The van der Waals surface area contributed by atoms with Gasteiger partial charge in [0.05, 0.1) is 0 Å². The lowest BCUT2D eigenvalue weighted by molar-refractivity contribution is 0.441. The lowest BCUT2D eigenvalue weighted by Gasteiger charge is -2.13. The van der Waals surface area contributed by atoms with Crippen molar-refractivity contribution < 1.29 is 0 Å². The summed E-state index contributed by atoms with van der Waals surface area (Å²) in [5.74, 6) is 0. The van der Waals surface area contributed by atoms with E-state index in [1.54, 1.807) is 0 Å². The second-order valence-electron chi connectivity index (χ2n) is 1.56. The first kappa shape index (κ1) is 7.28. The van der Waals surface area contributed by atoms with E-state index in [0.717, 1.165) is 13.1 Å². The van der Waals surface area contributed by atoms with Crippen LogP contribution in [0, 0.1) is 0 Å². The molecule has 0 aromatic carbocycles. The Morgan fingerprint density at radius 2 is 2.12 bits per heavy atom. The van der Waals surface area contributed by atoms with Crippen LogP contribution in [0.1, 0.15) is 6.92 Å². The number of rotatable bonds is 4. The highest BCUT2D eigenvalue weighted by molar-refractivity contribution is 4.78. The summed E-state index contributed by atoms with van der Waals surface area (Å²) in [6, 6.07) is 0. The molecule has 1 heteroatoms. The minimum atomic E-state index is 0.903. The van der Waals surface area contributed by atoms with Crippen molar-refractivity contribution in [3.8, 4) is 0 Å². The lowest BCUT2D eigenvalue weighted by atomic mass is 10.5. The van der Waals surface area contributed by atoms with Crippen LogP contribution in [0.5, 0.6) is 0 Å². The third-order valence-electron chi connectivity index (χ3n) is 1.03. The molecular weight excluding hydrogens is 98.1 g/mol. The van der Waals surface area contributed by atoms with Crippen molar-refractivity contribution >= 4 is 0 Å². The first-order chi connectivity index (χ1) is 3.85. The fourth-order valence-electron chi connectivity index (χ4n) is 0.499. The van der Waals surface area contributed by atoms with Crippen LogP contribution in [0.4, 0.5) is 0 Å². The molecule has 0 unspecified atom stereocenters. The van der Waals surface area contributed by atoms with Crippen molar-refractivity contribution in [3.63, 3.8) is 0 Å². The van der Waals surface area contributed by atoms with Gasteiger partial charge in [0.1, 0.15) is 0 Å². The SMILES string of the molecule is C=CCN(C=C)CC. The zero-order valence-corrected chi connectivity index (χ0v) is 5.43. The molecule has 0 radical (unpaired) electrons. The first-order valence-electron chi connectivity index (χ1n) is 2.82. The van der Waals surface area contributed by atoms with Gasteiger partial charge in [0.25, 0.3) is 0 Å². The van der Waals surface area contributed by atoms with Gasteiger partial charge in [-0.05, 0) is 13.1 Å². The molecule has 0 saturated carbocycles. The highest BCUT2D eigenvalue weighted by atomic mass is 15.1. The number of hydrogen-bond acceptors (Lipinski definition) is 1. The van der Waals surface area contributed by atoms with Gasteiger partial charge in [0.15, 0.2) is 0 Å². The van der Waals surface area contributed by atoms with Crippen LogP contribution >= 0.6 is 0 Å². The van der Waals surface area contributed by atoms with Gasteiger partial charge in [-0.15, -0.1) is 6.58 Å². The second kappa shape index (κ2) is 4.44. The van der Waals surface area contributed by atoms with Gasteiger partial charge >= 0.3 is 0 Å². The third-order valence-corrected chi connectivity index (χ3v) is 1.03. The van der Waals surface area contributed by atoms with Gasteiger partial charge in [0, 0.05) is 13.1 Å². The summed E-state index contributed by atoms with van der Waals surface area (Å²) in [6.07, 6.45) is 3.69. The monoisotopic (exact) mass is 111 g/mol. The van der Waals surface area contributed by atoms with E-state index in [1.807, 2.05) is 12.3 Å². The Bertz CT molecular complexity index is 76.5. The van der Waals surface area contributed by atoms with E-state index < -0.39 is 0 Å². The summed E-state index contributed by atoms with van der Waals surface area (Å²) in [7, 11) is 0. The molecule has 8 heavy (non-hydrogen) atoms. The fourth-order valence-corrected chi connectivity index (χ4v) is 0.499. The zero-order valence-electron chi connectivity index (χ0n) is 5.43. The minimum absolute atomic E-state index is 0.903. The van der Waals surface area contributed by atoms with Gasteiger partial charge in [-0.3, -0.25) is 0 Å². The molecule has 0 atom stereocenters. The molecule has 0 saturated heterocycles. The summed E-state index contributed by atoms with van der Waals surface area (Å²) >= 11 is 0. The van der Waals surface area contributed by atoms with Crippen molar-refractivity contribution in [3.05, 3.63) is 25.4 Å². The molecule has 0 aromatic heterocycles. The van der Waals surface area contributed by atoms with Crippen LogP contribution in [0.25, 0.3) is 0 Å². The highest BCUT2D eigenvalue weighted by Crippen LogP contribution is 1.85. The van der Waals surface area contributed by atoms with Crippen molar-refractivity contribution in [1.29, 1.82) is 0 Å². The van der Waals surface area contributed by atoms with E-state index in [9.17, 15) is 0 Å². The molecular formula is C7H13N. The molecule has 0 bridgehead atoms. The van der Waals surface area contributed by atoms with Gasteiger partial charge < -0.3 is 4.90 Å². The summed E-state index contributed by atoms with van der Waals surface area (Å²) in [4.78, 5) is 2.08. The maximum Gasteiger partial charge on any atom is 0.0351 e. The van der Waals surface area contributed by atoms with E-state index in [0.29, 0.717) is 0 Å². The van der Waals surface area contributed by atoms with E-state index in [4.69, 9.17) is 0 Å². The van der Waals surface area contributed by atoms with Crippen LogP contribution in [0.3, 0.4) is 0 Å². The largest absolute Gasteiger partial charge is 0.375 e. The Morgan fingerprint density at radius 1 is 1.50 bits per heavy atom. The van der Waals surface area contributed by atoms with Crippen LogP contribution in [0.2, 0.25) is 0 Å². The van der Waals surface area contributed by atoms with Crippen molar-refractivity contribution in [1.82, 2.24) is 4.90 Å². The molecule has 0 aromatic rings. The average Bonchev–Trinajstić information content (AvgIpc) is 1.83. The number of hydrogen-bond donors (Lipinski definition) is 0. The predicted molar refractivity (Wildman–Crippen MR) is 37.6 cm³/mol. The zero-order chi connectivity index (χ0) is 6.41. The quantitative estimate of drug-likeness (QED) is 0.498. The van der Waals surface area contributed by atoms with Crippen molar-refractivity contribution in [2.45, 2.75) is 6.92 Å². The first-order valence-corrected chi connectivity index (χ1v) is 2.82. The van der Waals surface area contributed by atoms with E-state index in [2.05, 4.69) is 25.0 Å². The van der Waals surface area contributed by atoms with Crippen LogP contribution in [-0.4, -0.2) is 18.0 Å². The minimum Gasteiger partial charge on any atom is -0.375 e. The molecule has 1 nitrogen and oxygen atoms in total. The van der Waals surface area contributed by atoms with E-state index in [1.165, 1.54) is 0 Å². The summed E-state index contributed by atoms with van der Waals surface area (Å²) in [5, 5.41) is 0. The predicted octanol–water partition coefficient (Wildman–Crippen LogP) is 1.64. The molecule has 0 spiro atoms. The third kappa shape index (κ3) is 2.45. The van der Waals surface area contributed by atoms with Crippen LogP contribution < -0.4 is 0 Å². The van der Waals surface area contributed by atoms with Gasteiger partial charge in [-0.1, -0.05) is 12.7 Å².